The number of halogens is 2. The second-order valence-electron chi connectivity index (χ2n) is 4.32. The molecule has 2 rings (SSSR count). The molecule has 2 N–H and O–H groups in total. The molecule has 0 aliphatic carbocycles. The summed E-state index contributed by atoms with van der Waals surface area (Å²) in [4.78, 5) is 12.8. The van der Waals surface area contributed by atoms with E-state index >= 15 is 0 Å². The van der Waals surface area contributed by atoms with Gasteiger partial charge in [0.05, 0.1) is 10.0 Å². The zero-order valence-corrected chi connectivity index (χ0v) is 13.0. The second kappa shape index (κ2) is 6.59. The summed E-state index contributed by atoms with van der Waals surface area (Å²) in [6.45, 7) is 2.08. The molecule has 2 aromatic rings. The van der Waals surface area contributed by atoms with Crippen LogP contribution in [0.25, 0.3) is 0 Å². The Morgan fingerprint density at radius 1 is 1.35 bits per heavy atom. The van der Waals surface area contributed by atoms with E-state index < -0.39 is 6.10 Å². The van der Waals surface area contributed by atoms with Crippen LogP contribution in [0.15, 0.2) is 29.6 Å². The Labute approximate surface area is 131 Å². The van der Waals surface area contributed by atoms with E-state index in [-0.39, 0.29) is 12.5 Å². The molecule has 1 aromatic carbocycles. The molecule has 0 bridgehead atoms. The van der Waals surface area contributed by atoms with Gasteiger partial charge in [0.15, 0.2) is 0 Å². The minimum absolute atomic E-state index is 0.153. The zero-order valence-electron chi connectivity index (χ0n) is 10.7. The van der Waals surface area contributed by atoms with Gasteiger partial charge in [0.1, 0.15) is 6.10 Å². The van der Waals surface area contributed by atoms with Gasteiger partial charge in [-0.1, -0.05) is 23.2 Å². The summed E-state index contributed by atoms with van der Waals surface area (Å²) in [5.74, 6) is -0.295. The highest BCUT2D eigenvalue weighted by Crippen LogP contribution is 2.24. The van der Waals surface area contributed by atoms with E-state index in [2.05, 4.69) is 5.32 Å². The van der Waals surface area contributed by atoms with Crippen molar-refractivity contribution >= 4 is 40.4 Å². The summed E-state index contributed by atoms with van der Waals surface area (Å²) in [6, 6.07) is 6.59. The second-order valence-corrected chi connectivity index (χ2v) is 6.08. The summed E-state index contributed by atoms with van der Waals surface area (Å²) >= 11 is 13.1. The number of nitrogens with one attached hydrogen (secondary N) is 1. The molecule has 3 nitrogen and oxygen atoms in total. The molecule has 20 heavy (non-hydrogen) atoms. The van der Waals surface area contributed by atoms with Crippen molar-refractivity contribution in [2.75, 3.05) is 6.54 Å². The molecule has 0 fully saturated rings. The maximum atomic E-state index is 11.9. The third-order valence-corrected chi connectivity index (χ3v) is 4.70. The van der Waals surface area contributed by atoms with Crippen molar-refractivity contribution in [1.29, 1.82) is 0 Å². The Kier molecular flexibility index (Phi) is 5.05. The molecule has 6 heteroatoms. The first kappa shape index (κ1) is 15.3. The van der Waals surface area contributed by atoms with Crippen LogP contribution in [0.2, 0.25) is 10.0 Å². The Hall–Kier alpha value is -1.07. The highest BCUT2D eigenvalue weighted by atomic mass is 35.5. The molecule has 0 saturated heterocycles. The number of aliphatic hydroxyl groups excluding tert-OH is 1. The van der Waals surface area contributed by atoms with E-state index in [1.54, 1.807) is 12.1 Å². The van der Waals surface area contributed by atoms with Crippen molar-refractivity contribution in [1.82, 2.24) is 5.32 Å². The van der Waals surface area contributed by atoms with Crippen molar-refractivity contribution in [2.24, 2.45) is 0 Å². The quantitative estimate of drug-likeness (QED) is 0.895. The molecule has 1 heterocycles. The summed E-state index contributed by atoms with van der Waals surface area (Å²) in [5, 5.41) is 15.3. The van der Waals surface area contributed by atoms with Gasteiger partial charge in [0, 0.05) is 17.0 Å². The average Bonchev–Trinajstić information content (AvgIpc) is 2.85. The minimum atomic E-state index is -0.707. The van der Waals surface area contributed by atoms with Crippen molar-refractivity contribution in [3.05, 3.63) is 55.7 Å². The zero-order chi connectivity index (χ0) is 14.7. The highest BCUT2D eigenvalue weighted by molar-refractivity contribution is 7.10. The molecule has 1 unspecified atom stereocenters. The number of carbonyl (C=O) groups is 1. The van der Waals surface area contributed by atoms with Crippen LogP contribution in [0.3, 0.4) is 0 Å². The maximum Gasteiger partial charge on any atom is 0.251 e. The maximum absolute atomic E-state index is 11.9. The molecule has 0 radical (unpaired) electrons. The van der Waals surface area contributed by atoms with Crippen molar-refractivity contribution in [3.63, 3.8) is 0 Å². The van der Waals surface area contributed by atoms with Gasteiger partial charge in [0.25, 0.3) is 5.91 Å². The molecule has 106 valence electrons. The van der Waals surface area contributed by atoms with E-state index in [1.807, 2.05) is 18.4 Å². The van der Waals surface area contributed by atoms with E-state index in [0.29, 0.717) is 15.6 Å². The van der Waals surface area contributed by atoms with Crippen LogP contribution in [0, 0.1) is 6.92 Å². The molecule has 1 atom stereocenters. The summed E-state index contributed by atoms with van der Waals surface area (Å²) in [5.41, 5.74) is 1.43. The number of aryl methyl sites for hydroxylation is 1. The minimum Gasteiger partial charge on any atom is -0.386 e. The number of thiophene rings is 1. The fraction of sp³-hybridized carbons (Fsp3) is 0.214. The van der Waals surface area contributed by atoms with Gasteiger partial charge in [-0.15, -0.1) is 11.3 Å². The van der Waals surface area contributed by atoms with E-state index in [0.717, 1.165) is 10.4 Å². The lowest BCUT2D eigenvalue weighted by molar-refractivity contribution is 0.0917. The van der Waals surface area contributed by atoms with Crippen molar-refractivity contribution in [3.8, 4) is 0 Å². The summed E-state index contributed by atoms with van der Waals surface area (Å²) < 4.78 is 0. The van der Waals surface area contributed by atoms with Crippen LogP contribution in [0.5, 0.6) is 0 Å². The van der Waals surface area contributed by atoms with Crippen LogP contribution in [0.1, 0.15) is 26.9 Å². The molecule has 0 saturated carbocycles. The number of rotatable bonds is 4. The lowest BCUT2D eigenvalue weighted by atomic mass is 10.2. The standard InChI is InChI=1S/C14H13Cl2NO2S/c1-8-4-5-20-13(8)12(18)7-17-14(19)9-2-3-10(15)11(16)6-9/h2-6,12,18H,7H2,1H3,(H,17,19). The van der Waals surface area contributed by atoms with Crippen LogP contribution in [-0.2, 0) is 0 Å². The Balaban J connectivity index is 1.98. The van der Waals surface area contributed by atoms with Crippen molar-refractivity contribution < 1.29 is 9.90 Å². The Bertz CT molecular complexity index is 627. The number of hydrogen-bond donors (Lipinski definition) is 2. The molecule has 0 aliphatic heterocycles. The van der Waals surface area contributed by atoms with E-state index in [9.17, 15) is 9.90 Å². The van der Waals surface area contributed by atoms with Crippen LogP contribution >= 0.6 is 34.5 Å². The molecule has 0 aliphatic rings. The number of hydrogen-bond acceptors (Lipinski definition) is 3. The predicted octanol–water partition coefficient (Wildman–Crippen LogP) is 3.83. The first-order valence-corrected chi connectivity index (χ1v) is 7.58. The average molecular weight is 330 g/mol. The van der Waals surface area contributed by atoms with Gasteiger partial charge in [-0.2, -0.15) is 0 Å². The summed E-state index contributed by atoms with van der Waals surface area (Å²) in [7, 11) is 0. The fourth-order valence-electron chi connectivity index (χ4n) is 1.75. The lowest BCUT2D eigenvalue weighted by Crippen LogP contribution is -2.28. The monoisotopic (exact) mass is 329 g/mol. The number of benzene rings is 1. The number of amides is 1. The van der Waals surface area contributed by atoms with Gasteiger partial charge in [-0.25, -0.2) is 0 Å². The highest BCUT2D eigenvalue weighted by Gasteiger charge is 2.14. The van der Waals surface area contributed by atoms with Gasteiger partial charge in [0.2, 0.25) is 0 Å². The first-order valence-electron chi connectivity index (χ1n) is 5.94. The number of aliphatic hydroxyl groups is 1. The molecular weight excluding hydrogens is 317 g/mol. The SMILES string of the molecule is Cc1ccsc1C(O)CNC(=O)c1ccc(Cl)c(Cl)c1. The predicted molar refractivity (Wildman–Crippen MR) is 82.8 cm³/mol. The fourth-order valence-corrected chi connectivity index (χ4v) is 2.96. The first-order chi connectivity index (χ1) is 9.49. The van der Waals surface area contributed by atoms with Gasteiger partial charge in [-0.3, -0.25) is 4.79 Å². The van der Waals surface area contributed by atoms with E-state index in [4.69, 9.17) is 23.2 Å². The topological polar surface area (TPSA) is 49.3 Å². The third-order valence-electron chi connectivity index (χ3n) is 2.84. The van der Waals surface area contributed by atoms with Gasteiger partial charge < -0.3 is 10.4 Å². The number of carbonyl (C=O) groups excluding carboxylic acids is 1. The normalized spacial score (nSPS) is 12.2. The third kappa shape index (κ3) is 3.52. The molecular formula is C14H13Cl2NO2S. The Morgan fingerprint density at radius 2 is 2.10 bits per heavy atom. The lowest BCUT2D eigenvalue weighted by Gasteiger charge is -2.12. The Morgan fingerprint density at radius 3 is 2.70 bits per heavy atom. The molecule has 0 spiro atoms. The van der Waals surface area contributed by atoms with Crippen LogP contribution in [0.4, 0.5) is 0 Å². The smallest absolute Gasteiger partial charge is 0.251 e. The van der Waals surface area contributed by atoms with Gasteiger partial charge >= 0.3 is 0 Å². The van der Waals surface area contributed by atoms with E-state index in [1.165, 1.54) is 17.4 Å². The van der Waals surface area contributed by atoms with Crippen LogP contribution in [-0.4, -0.2) is 17.6 Å². The summed E-state index contributed by atoms with van der Waals surface area (Å²) in [6.07, 6.45) is -0.707. The van der Waals surface area contributed by atoms with Gasteiger partial charge in [-0.05, 0) is 42.1 Å². The van der Waals surface area contributed by atoms with Crippen molar-refractivity contribution in [2.45, 2.75) is 13.0 Å². The molecule has 1 aromatic heterocycles. The largest absolute Gasteiger partial charge is 0.386 e. The molecule has 1 amide bonds. The van der Waals surface area contributed by atoms with Crippen LogP contribution < -0.4 is 5.32 Å².